The van der Waals surface area contributed by atoms with Crippen molar-refractivity contribution in [1.29, 1.82) is 0 Å². The molecule has 0 amide bonds. The largest absolute Gasteiger partial charge is 0.389 e. The zero-order valence-corrected chi connectivity index (χ0v) is 11.0. The van der Waals surface area contributed by atoms with Gasteiger partial charge in [-0.3, -0.25) is 0 Å². The van der Waals surface area contributed by atoms with Gasteiger partial charge in [0.25, 0.3) is 0 Å². The summed E-state index contributed by atoms with van der Waals surface area (Å²) in [4.78, 5) is 0. The molecule has 0 bridgehead atoms. The summed E-state index contributed by atoms with van der Waals surface area (Å²) in [5, 5.41) is 9.82. The maximum atomic E-state index is 9.82. The summed E-state index contributed by atoms with van der Waals surface area (Å²) >= 11 is 0. The number of hydrogen-bond donors (Lipinski definition) is 1. The molecular formula is C15H24O. The molecule has 0 spiro atoms. The van der Waals surface area contributed by atoms with Crippen LogP contribution in [0.25, 0.3) is 0 Å². The van der Waals surface area contributed by atoms with Crippen LogP contribution < -0.4 is 0 Å². The van der Waals surface area contributed by atoms with E-state index in [9.17, 15) is 5.11 Å². The van der Waals surface area contributed by atoms with Gasteiger partial charge in [-0.15, -0.1) is 0 Å². The van der Waals surface area contributed by atoms with Crippen molar-refractivity contribution in [2.24, 2.45) is 11.3 Å². The molecule has 0 saturated heterocycles. The second kappa shape index (κ2) is 4.03. The fourth-order valence-corrected chi connectivity index (χ4v) is 3.33. The first-order valence-electron chi connectivity index (χ1n) is 6.48. The van der Waals surface area contributed by atoms with E-state index in [4.69, 9.17) is 0 Å². The van der Waals surface area contributed by atoms with Gasteiger partial charge >= 0.3 is 0 Å². The third-order valence-corrected chi connectivity index (χ3v) is 4.79. The highest BCUT2D eigenvalue weighted by Crippen LogP contribution is 2.52. The van der Waals surface area contributed by atoms with Gasteiger partial charge in [0.1, 0.15) is 0 Å². The van der Waals surface area contributed by atoms with E-state index in [0.29, 0.717) is 11.3 Å². The zero-order chi connectivity index (χ0) is 11.9. The van der Waals surface area contributed by atoms with Crippen LogP contribution >= 0.6 is 0 Å². The predicted octanol–water partition coefficient (Wildman–Crippen LogP) is 3.84. The van der Waals surface area contributed by atoms with Crippen molar-refractivity contribution >= 4 is 0 Å². The quantitative estimate of drug-likeness (QED) is 0.615. The molecule has 2 rings (SSSR count). The predicted molar refractivity (Wildman–Crippen MR) is 68.2 cm³/mol. The van der Waals surface area contributed by atoms with Crippen LogP contribution in [0.3, 0.4) is 0 Å². The van der Waals surface area contributed by atoms with Gasteiger partial charge in [-0.25, -0.2) is 0 Å². The van der Waals surface area contributed by atoms with Crippen molar-refractivity contribution in [2.45, 2.75) is 59.5 Å². The zero-order valence-electron chi connectivity index (χ0n) is 11.0. The van der Waals surface area contributed by atoms with Gasteiger partial charge < -0.3 is 5.11 Å². The third kappa shape index (κ3) is 1.86. The van der Waals surface area contributed by atoms with Crippen LogP contribution in [0.5, 0.6) is 0 Å². The highest BCUT2D eigenvalue weighted by Gasteiger charge is 2.41. The second-order valence-electron chi connectivity index (χ2n) is 6.09. The minimum atomic E-state index is -0.202. The molecule has 1 heteroatoms. The molecule has 1 N–H and O–H groups in total. The summed E-state index contributed by atoms with van der Waals surface area (Å²) in [6, 6.07) is 0. The van der Waals surface area contributed by atoms with Crippen LogP contribution in [0.15, 0.2) is 22.8 Å². The van der Waals surface area contributed by atoms with Crippen LogP contribution in [0, 0.1) is 11.3 Å². The summed E-state index contributed by atoms with van der Waals surface area (Å²) in [6.07, 6.45) is 6.40. The van der Waals surface area contributed by atoms with E-state index in [1.54, 1.807) is 5.57 Å². The average molecular weight is 220 g/mol. The number of hydrogen-bond acceptors (Lipinski definition) is 1. The summed E-state index contributed by atoms with van der Waals surface area (Å²) < 4.78 is 0. The Morgan fingerprint density at radius 1 is 1.38 bits per heavy atom. The van der Waals surface area contributed by atoms with Crippen LogP contribution in [-0.2, 0) is 0 Å². The molecule has 0 heterocycles. The van der Waals surface area contributed by atoms with Gasteiger partial charge in [-0.2, -0.15) is 0 Å². The molecule has 2 aliphatic carbocycles. The number of aliphatic hydroxyl groups is 1. The molecule has 0 radical (unpaired) electrons. The average Bonchev–Trinajstić information content (AvgIpc) is 2.19. The van der Waals surface area contributed by atoms with Crippen molar-refractivity contribution in [2.75, 3.05) is 0 Å². The molecule has 90 valence electrons. The van der Waals surface area contributed by atoms with Gasteiger partial charge in [0, 0.05) is 0 Å². The normalized spacial score (nSPS) is 39.1. The van der Waals surface area contributed by atoms with Gasteiger partial charge in [-0.05, 0) is 50.9 Å². The minimum absolute atomic E-state index is 0.202. The lowest BCUT2D eigenvalue weighted by Gasteiger charge is -2.46. The lowest BCUT2D eigenvalue weighted by Crippen LogP contribution is -2.37. The molecular weight excluding hydrogens is 196 g/mol. The Bertz CT molecular complexity index is 346. The summed E-state index contributed by atoms with van der Waals surface area (Å²) in [5.74, 6) is 0.595. The molecule has 0 aliphatic heterocycles. The van der Waals surface area contributed by atoms with Crippen molar-refractivity contribution in [3.63, 3.8) is 0 Å². The maximum absolute atomic E-state index is 9.82. The van der Waals surface area contributed by atoms with Crippen molar-refractivity contribution in [1.82, 2.24) is 0 Å². The van der Waals surface area contributed by atoms with E-state index in [0.717, 1.165) is 12.8 Å². The first-order valence-corrected chi connectivity index (χ1v) is 6.48. The van der Waals surface area contributed by atoms with Crippen molar-refractivity contribution < 1.29 is 5.11 Å². The first kappa shape index (κ1) is 11.9. The van der Waals surface area contributed by atoms with Crippen LogP contribution in [0.4, 0.5) is 0 Å². The maximum Gasteiger partial charge on any atom is 0.0726 e. The SMILES string of the molecule is CC(C)=C1CCC2=CC(O)CC(C)C2(C)C1. The molecule has 0 aromatic rings. The fourth-order valence-electron chi connectivity index (χ4n) is 3.33. The summed E-state index contributed by atoms with van der Waals surface area (Å²) in [6.45, 7) is 9.15. The molecule has 1 saturated carbocycles. The molecule has 1 nitrogen and oxygen atoms in total. The highest BCUT2D eigenvalue weighted by molar-refractivity contribution is 5.30. The van der Waals surface area contributed by atoms with Gasteiger partial charge in [-0.1, -0.05) is 36.6 Å². The summed E-state index contributed by atoms with van der Waals surface area (Å²) in [5.41, 5.74) is 4.95. The van der Waals surface area contributed by atoms with Gasteiger partial charge in [0.2, 0.25) is 0 Å². The van der Waals surface area contributed by atoms with Crippen LogP contribution in [-0.4, -0.2) is 11.2 Å². The molecule has 1 fully saturated rings. The fraction of sp³-hybridized carbons (Fsp3) is 0.733. The van der Waals surface area contributed by atoms with Crippen molar-refractivity contribution in [3.8, 4) is 0 Å². The molecule has 16 heavy (non-hydrogen) atoms. The molecule has 3 atom stereocenters. The number of allylic oxidation sites excluding steroid dienone is 3. The van der Waals surface area contributed by atoms with Crippen LogP contribution in [0.2, 0.25) is 0 Å². The minimum Gasteiger partial charge on any atom is -0.389 e. The lowest BCUT2D eigenvalue weighted by atomic mass is 9.59. The van der Waals surface area contributed by atoms with E-state index >= 15 is 0 Å². The monoisotopic (exact) mass is 220 g/mol. The van der Waals surface area contributed by atoms with Gasteiger partial charge in [0.05, 0.1) is 6.10 Å². The first-order chi connectivity index (χ1) is 7.43. The Morgan fingerprint density at radius 3 is 2.69 bits per heavy atom. The van der Waals surface area contributed by atoms with E-state index < -0.39 is 0 Å². The van der Waals surface area contributed by atoms with E-state index in [1.165, 1.54) is 24.0 Å². The topological polar surface area (TPSA) is 20.2 Å². The summed E-state index contributed by atoms with van der Waals surface area (Å²) in [7, 11) is 0. The Hall–Kier alpha value is -0.560. The smallest absolute Gasteiger partial charge is 0.0726 e. The highest BCUT2D eigenvalue weighted by atomic mass is 16.3. The Labute approximate surface area is 99.3 Å². The van der Waals surface area contributed by atoms with E-state index in [1.807, 2.05) is 0 Å². The standard InChI is InChI=1S/C15H24O/c1-10(2)12-5-6-13-8-14(16)7-11(3)15(13,4)9-12/h8,11,14,16H,5-7,9H2,1-4H3. The Balaban J connectivity index is 2.34. The number of rotatable bonds is 0. The Kier molecular flexibility index (Phi) is 3.00. The second-order valence-corrected chi connectivity index (χ2v) is 6.09. The molecule has 0 aromatic carbocycles. The van der Waals surface area contributed by atoms with Crippen LogP contribution in [0.1, 0.15) is 53.4 Å². The number of fused-ring (bicyclic) bond motifs is 1. The molecule has 3 unspecified atom stereocenters. The number of aliphatic hydroxyl groups excluding tert-OH is 1. The Morgan fingerprint density at radius 2 is 2.06 bits per heavy atom. The molecule has 2 aliphatic rings. The third-order valence-electron chi connectivity index (χ3n) is 4.79. The lowest BCUT2D eigenvalue weighted by molar-refractivity contribution is 0.111. The van der Waals surface area contributed by atoms with E-state index in [-0.39, 0.29) is 6.10 Å². The van der Waals surface area contributed by atoms with Crippen molar-refractivity contribution in [3.05, 3.63) is 22.8 Å². The van der Waals surface area contributed by atoms with Gasteiger partial charge in [0.15, 0.2) is 0 Å². The molecule has 0 aromatic heterocycles. The van der Waals surface area contributed by atoms with E-state index in [2.05, 4.69) is 33.8 Å².